The van der Waals surface area contributed by atoms with Crippen LogP contribution in [-0.2, 0) is 4.79 Å². The van der Waals surface area contributed by atoms with Crippen LogP contribution in [0.25, 0.3) is 0 Å². The van der Waals surface area contributed by atoms with Crippen molar-refractivity contribution in [3.63, 3.8) is 0 Å². The highest BCUT2D eigenvalue weighted by molar-refractivity contribution is 5.94. The van der Waals surface area contributed by atoms with Crippen LogP contribution in [0.3, 0.4) is 0 Å². The molecule has 6 heteroatoms. The quantitative estimate of drug-likeness (QED) is 0.881. The summed E-state index contributed by atoms with van der Waals surface area (Å²) in [6.45, 7) is 1.78. The topological polar surface area (TPSA) is 47.6 Å². The Balaban J connectivity index is 2.10. The summed E-state index contributed by atoms with van der Waals surface area (Å²) in [6, 6.07) is 10.1. The molecule has 1 amide bonds. The number of methoxy groups -OCH3 is 1. The van der Waals surface area contributed by atoms with Crippen molar-refractivity contribution in [2.24, 2.45) is 0 Å². The maximum absolute atomic E-state index is 13.2. The van der Waals surface area contributed by atoms with Crippen molar-refractivity contribution in [3.05, 3.63) is 54.1 Å². The number of carbonyl (C=O) groups is 1. The average Bonchev–Trinajstić information content (AvgIpc) is 2.56. The van der Waals surface area contributed by atoms with E-state index in [0.29, 0.717) is 17.9 Å². The Morgan fingerprint density at radius 3 is 2.43 bits per heavy atom. The van der Waals surface area contributed by atoms with Crippen molar-refractivity contribution >= 4 is 11.6 Å². The van der Waals surface area contributed by atoms with Gasteiger partial charge in [-0.1, -0.05) is 19.1 Å². The second-order valence-electron chi connectivity index (χ2n) is 4.78. The van der Waals surface area contributed by atoms with Crippen molar-refractivity contribution in [2.45, 2.75) is 19.4 Å². The lowest BCUT2D eigenvalue weighted by atomic mass is 10.2. The van der Waals surface area contributed by atoms with E-state index in [1.54, 1.807) is 31.2 Å². The van der Waals surface area contributed by atoms with E-state index in [-0.39, 0.29) is 5.69 Å². The Morgan fingerprint density at radius 2 is 1.83 bits per heavy atom. The first kappa shape index (κ1) is 16.7. The molecule has 0 aliphatic rings. The second-order valence-corrected chi connectivity index (χ2v) is 4.78. The lowest BCUT2D eigenvalue weighted by Gasteiger charge is -2.18. The summed E-state index contributed by atoms with van der Waals surface area (Å²) >= 11 is 0. The molecule has 0 spiro atoms. The number of ether oxygens (including phenoxy) is 2. The molecule has 0 heterocycles. The van der Waals surface area contributed by atoms with Crippen molar-refractivity contribution < 1.29 is 23.0 Å². The summed E-state index contributed by atoms with van der Waals surface area (Å²) in [5.74, 6) is -1.51. The Morgan fingerprint density at radius 1 is 1.13 bits per heavy atom. The van der Waals surface area contributed by atoms with Gasteiger partial charge >= 0.3 is 0 Å². The zero-order valence-electron chi connectivity index (χ0n) is 12.8. The fraction of sp³-hybridized carbons (Fsp3) is 0.235. The molecule has 0 unspecified atom stereocenters. The molecule has 2 rings (SSSR count). The van der Waals surface area contributed by atoms with Gasteiger partial charge in [-0.3, -0.25) is 4.79 Å². The van der Waals surface area contributed by atoms with Gasteiger partial charge in [0.25, 0.3) is 5.91 Å². The van der Waals surface area contributed by atoms with Gasteiger partial charge in [-0.25, -0.2) is 8.78 Å². The molecule has 0 saturated carbocycles. The fourth-order valence-electron chi connectivity index (χ4n) is 1.99. The minimum absolute atomic E-state index is 0.163. The van der Waals surface area contributed by atoms with Crippen LogP contribution < -0.4 is 14.8 Å². The molecule has 0 aliphatic carbocycles. The SMILES string of the molecule is CC[C@H](Oc1ccccc1OC)C(=O)Nc1ccc(F)c(F)c1. The van der Waals surface area contributed by atoms with E-state index >= 15 is 0 Å². The van der Waals surface area contributed by atoms with E-state index in [1.807, 2.05) is 0 Å². The highest BCUT2D eigenvalue weighted by atomic mass is 19.2. The number of nitrogens with one attached hydrogen (secondary N) is 1. The molecule has 0 aliphatic heterocycles. The molecule has 1 N–H and O–H groups in total. The maximum Gasteiger partial charge on any atom is 0.265 e. The van der Waals surface area contributed by atoms with E-state index in [2.05, 4.69) is 5.32 Å². The third-order valence-corrected chi connectivity index (χ3v) is 3.19. The molecule has 4 nitrogen and oxygen atoms in total. The number of halogens is 2. The Labute approximate surface area is 133 Å². The van der Waals surface area contributed by atoms with Gasteiger partial charge in [0.05, 0.1) is 7.11 Å². The summed E-state index contributed by atoms with van der Waals surface area (Å²) in [5.41, 5.74) is 0.163. The number of benzene rings is 2. The van der Waals surface area contributed by atoms with Gasteiger partial charge in [0.1, 0.15) is 0 Å². The highest BCUT2D eigenvalue weighted by Gasteiger charge is 2.20. The summed E-state index contributed by atoms with van der Waals surface area (Å²) in [4.78, 5) is 12.3. The number of amides is 1. The van der Waals surface area contributed by atoms with E-state index in [0.717, 1.165) is 12.1 Å². The van der Waals surface area contributed by atoms with Crippen molar-refractivity contribution in [3.8, 4) is 11.5 Å². The number of anilines is 1. The lowest BCUT2D eigenvalue weighted by Crippen LogP contribution is -2.32. The van der Waals surface area contributed by atoms with Crippen LogP contribution in [0.15, 0.2) is 42.5 Å². The number of para-hydroxylation sites is 2. The molecule has 1 atom stereocenters. The molecule has 0 saturated heterocycles. The third kappa shape index (κ3) is 4.18. The first-order valence-corrected chi connectivity index (χ1v) is 7.10. The Hall–Kier alpha value is -2.63. The number of rotatable bonds is 6. The normalized spacial score (nSPS) is 11.7. The minimum atomic E-state index is -1.03. The summed E-state index contributed by atoms with van der Waals surface area (Å²) in [6.07, 6.45) is -0.396. The molecule has 0 radical (unpaired) electrons. The van der Waals surface area contributed by atoms with Crippen LogP contribution in [0, 0.1) is 11.6 Å². The molecule has 2 aromatic rings. The van der Waals surface area contributed by atoms with Crippen molar-refractivity contribution in [1.82, 2.24) is 0 Å². The van der Waals surface area contributed by atoms with Crippen molar-refractivity contribution in [2.75, 3.05) is 12.4 Å². The first-order valence-electron chi connectivity index (χ1n) is 7.10. The van der Waals surface area contributed by atoms with Gasteiger partial charge < -0.3 is 14.8 Å². The van der Waals surface area contributed by atoms with E-state index in [9.17, 15) is 13.6 Å². The minimum Gasteiger partial charge on any atom is -0.493 e. The van der Waals surface area contributed by atoms with Gasteiger partial charge in [-0.15, -0.1) is 0 Å². The molecule has 0 fully saturated rings. The lowest BCUT2D eigenvalue weighted by molar-refractivity contribution is -0.122. The van der Waals surface area contributed by atoms with E-state index in [1.165, 1.54) is 13.2 Å². The molecular formula is C17H17F2NO3. The predicted octanol–water partition coefficient (Wildman–Crippen LogP) is 3.77. The van der Waals surface area contributed by atoms with Crippen LogP contribution in [0.1, 0.15) is 13.3 Å². The van der Waals surface area contributed by atoms with Crippen molar-refractivity contribution in [1.29, 1.82) is 0 Å². The largest absolute Gasteiger partial charge is 0.493 e. The first-order chi connectivity index (χ1) is 11.0. The van der Waals surface area contributed by atoms with E-state index in [4.69, 9.17) is 9.47 Å². The van der Waals surface area contributed by atoms with Crippen LogP contribution >= 0.6 is 0 Å². The van der Waals surface area contributed by atoms with Gasteiger partial charge in [0.2, 0.25) is 0 Å². The monoisotopic (exact) mass is 321 g/mol. The Bertz CT molecular complexity index is 691. The standard InChI is InChI=1S/C17H17F2NO3/c1-3-14(23-16-7-5-4-6-15(16)22-2)17(21)20-11-8-9-12(18)13(19)10-11/h4-10,14H,3H2,1-2H3,(H,20,21)/t14-/m0/s1. The summed E-state index contributed by atoms with van der Waals surface area (Å²) in [5, 5.41) is 2.51. The predicted molar refractivity (Wildman–Crippen MR) is 82.7 cm³/mol. The molecular weight excluding hydrogens is 304 g/mol. The van der Waals surface area contributed by atoms with Gasteiger partial charge in [0.15, 0.2) is 29.2 Å². The summed E-state index contributed by atoms with van der Waals surface area (Å²) in [7, 11) is 1.50. The van der Waals surface area contributed by atoms with Gasteiger partial charge in [-0.05, 0) is 30.7 Å². The molecule has 0 bridgehead atoms. The van der Waals surface area contributed by atoms with Gasteiger partial charge in [-0.2, -0.15) is 0 Å². The van der Waals surface area contributed by atoms with Gasteiger partial charge in [0, 0.05) is 11.8 Å². The Kier molecular flexibility index (Phi) is 5.51. The second kappa shape index (κ2) is 7.58. The molecule has 23 heavy (non-hydrogen) atoms. The smallest absolute Gasteiger partial charge is 0.265 e. The van der Waals surface area contributed by atoms with Crippen LogP contribution in [0.5, 0.6) is 11.5 Å². The number of hydrogen-bond donors (Lipinski definition) is 1. The fourth-order valence-corrected chi connectivity index (χ4v) is 1.99. The third-order valence-electron chi connectivity index (χ3n) is 3.19. The molecule has 122 valence electrons. The zero-order valence-corrected chi connectivity index (χ0v) is 12.8. The molecule has 2 aromatic carbocycles. The highest BCUT2D eigenvalue weighted by Crippen LogP contribution is 2.27. The van der Waals surface area contributed by atoms with Crippen LogP contribution in [0.2, 0.25) is 0 Å². The maximum atomic E-state index is 13.2. The van der Waals surface area contributed by atoms with Crippen LogP contribution in [0.4, 0.5) is 14.5 Å². The number of carbonyl (C=O) groups excluding carboxylic acids is 1. The number of hydrogen-bond acceptors (Lipinski definition) is 3. The summed E-state index contributed by atoms with van der Waals surface area (Å²) < 4.78 is 36.9. The van der Waals surface area contributed by atoms with Crippen LogP contribution in [-0.4, -0.2) is 19.1 Å². The van der Waals surface area contributed by atoms with E-state index < -0.39 is 23.6 Å². The molecule has 0 aromatic heterocycles. The zero-order chi connectivity index (χ0) is 16.8. The average molecular weight is 321 g/mol.